The number of hydrogen-bond acceptors (Lipinski definition) is 6. The first-order valence-electron chi connectivity index (χ1n) is 15.0. The van der Waals surface area contributed by atoms with E-state index in [1.807, 2.05) is 35.2 Å². The molecule has 2 fully saturated rings. The average molecular weight is 603 g/mol. The third-order valence-electron chi connectivity index (χ3n) is 8.26. The van der Waals surface area contributed by atoms with Crippen LogP contribution in [0.3, 0.4) is 0 Å². The monoisotopic (exact) mass is 602 g/mol. The Hall–Kier alpha value is -2.78. The molecular formula is C33H50N2O6S. The van der Waals surface area contributed by atoms with E-state index in [4.69, 9.17) is 14.2 Å². The van der Waals surface area contributed by atoms with Gasteiger partial charge < -0.3 is 19.1 Å². The van der Waals surface area contributed by atoms with Gasteiger partial charge >= 0.3 is 0 Å². The first-order chi connectivity index (χ1) is 19.7. The van der Waals surface area contributed by atoms with Crippen molar-refractivity contribution in [1.29, 1.82) is 0 Å². The highest BCUT2D eigenvalue weighted by molar-refractivity contribution is 7.92. The Labute approximate surface area is 253 Å². The van der Waals surface area contributed by atoms with Gasteiger partial charge in [-0.05, 0) is 84.4 Å². The fourth-order valence-corrected chi connectivity index (χ4v) is 5.55. The largest absolute Gasteiger partial charge is 0.497 e. The number of carbonyl (C=O) groups excluding carboxylic acids is 1. The maximum atomic E-state index is 12.8. The molecule has 1 aliphatic carbocycles. The van der Waals surface area contributed by atoms with Gasteiger partial charge in [0, 0.05) is 32.3 Å². The van der Waals surface area contributed by atoms with Gasteiger partial charge in [-0.2, -0.15) is 0 Å². The number of carbonyl (C=O) groups is 1. The summed E-state index contributed by atoms with van der Waals surface area (Å²) in [5.41, 5.74) is 3.57. The van der Waals surface area contributed by atoms with E-state index < -0.39 is 10.0 Å². The number of likely N-dealkylation sites (tertiary alicyclic amines) is 1. The van der Waals surface area contributed by atoms with Crippen molar-refractivity contribution in [3.05, 3.63) is 53.1 Å². The van der Waals surface area contributed by atoms with Gasteiger partial charge in [0.2, 0.25) is 10.0 Å². The molecule has 0 bridgehead atoms. The summed E-state index contributed by atoms with van der Waals surface area (Å²) in [6.07, 6.45) is 4.49. The molecule has 2 aliphatic rings. The molecule has 8 nitrogen and oxygen atoms in total. The molecule has 2 unspecified atom stereocenters. The van der Waals surface area contributed by atoms with Crippen LogP contribution in [0.1, 0.15) is 87.2 Å². The molecule has 3 atom stereocenters. The Morgan fingerprint density at radius 2 is 1.60 bits per heavy atom. The van der Waals surface area contributed by atoms with Crippen LogP contribution < -0.4 is 13.8 Å². The topological polar surface area (TPSA) is 85.4 Å². The van der Waals surface area contributed by atoms with Crippen molar-refractivity contribution < 1.29 is 27.4 Å². The van der Waals surface area contributed by atoms with Gasteiger partial charge in [-0.25, -0.2) is 8.42 Å². The second-order valence-electron chi connectivity index (χ2n) is 12.3. The SMILES string of the molecule is CC(C)c1cc(OCC2CC2C)cc(N(C)S(C)(=O)=O)c1.COC[C@H]1CCCN1C(=O)c1cc(OC)cc(C(C)C)c1. The van der Waals surface area contributed by atoms with Gasteiger partial charge in [-0.3, -0.25) is 9.10 Å². The molecule has 4 rings (SSSR count). The molecule has 42 heavy (non-hydrogen) atoms. The standard InChI is InChI=1S/C17H25NO3.C16H25NO3S/c1-12(2)13-8-14(10-16(9-13)21-4)17(19)18-7-5-6-15(18)11-20-3;1-11(2)13-7-15(17(4)21(5,18)19)9-16(8-13)20-10-14-6-12(14)3/h8-10,12,15H,5-7,11H2,1-4H3;7-9,11-12,14H,6,10H2,1-5H3/t15-;/m1./s1. The molecule has 2 aromatic rings. The van der Waals surface area contributed by atoms with Gasteiger partial charge in [0.05, 0.1) is 38.3 Å². The fraction of sp³-hybridized carbons (Fsp3) is 0.606. The molecule has 1 amide bonds. The minimum atomic E-state index is -3.27. The molecule has 0 spiro atoms. The number of ether oxygens (including phenoxy) is 3. The minimum absolute atomic E-state index is 0.0790. The Balaban J connectivity index is 0.000000230. The van der Waals surface area contributed by atoms with Crippen LogP contribution in [0.4, 0.5) is 5.69 Å². The Kier molecular flexibility index (Phi) is 11.7. The van der Waals surface area contributed by atoms with Crippen LogP contribution in [-0.4, -0.2) is 72.5 Å². The lowest BCUT2D eigenvalue weighted by Gasteiger charge is -2.24. The van der Waals surface area contributed by atoms with E-state index in [9.17, 15) is 13.2 Å². The van der Waals surface area contributed by atoms with Crippen LogP contribution in [0.25, 0.3) is 0 Å². The normalized spacial score (nSPS) is 19.9. The Morgan fingerprint density at radius 3 is 2.14 bits per heavy atom. The van der Waals surface area contributed by atoms with Crippen molar-refractivity contribution in [2.45, 2.75) is 71.8 Å². The molecule has 0 N–H and O–H groups in total. The summed E-state index contributed by atoms with van der Waals surface area (Å²) >= 11 is 0. The molecule has 1 saturated heterocycles. The van der Waals surface area contributed by atoms with E-state index in [1.165, 1.54) is 17.0 Å². The third-order valence-corrected chi connectivity index (χ3v) is 9.46. The zero-order valence-corrected chi connectivity index (χ0v) is 27.7. The minimum Gasteiger partial charge on any atom is -0.497 e. The molecule has 1 aliphatic heterocycles. The van der Waals surface area contributed by atoms with E-state index in [1.54, 1.807) is 27.3 Å². The predicted molar refractivity (Wildman–Crippen MR) is 170 cm³/mol. The van der Waals surface area contributed by atoms with Gasteiger partial charge in [0.15, 0.2) is 0 Å². The highest BCUT2D eigenvalue weighted by Crippen LogP contribution is 2.38. The summed E-state index contributed by atoms with van der Waals surface area (Å²) in [7, 11) is 1.63. The molecule has 0 aromatic heterocycles. The van der Waals surface area contributed by atoms with E-state index in [2.05, 4.69) is 34.6 Å². The lowest BCUT2D eigenvalue weighted by molar-refractivity contribution is 0.0630. The van der Waals surface area contributed by atoms with E-state index in [0.29, 0.717) is 42.2 Å². The van der Waals surface area contributed by atoms with Crippen molar-refractivity contribution in [1.82, 2.24) is 4.90 Å². The second-order valence-corrected chi connectivity index (χ2v) is 14.3. The molecule has 2 aromatic carbocycles. The second kappa shape index (κ2) is 14.6. The summed E-state index contributed by atoms with van der Waals surface area (Å²) in [5, 5.41) is 0. The van der Waals surface area contributed by atoms with E-state index in [0.717, 1.165) is 47.9 Å². The molecule has 0 radical (unpaired) electrons. The van der Waals surface area contributed by atoms with Gasteiger partial charge in [-0.1, -0.05) is 34.6 Å². The van der Waals surface area contributed by atoms with Crippen LogP contribution in [0.2, 0.25) is 0 Å². The first kappa shape index (κ1) is 33.7. The zero-order chi connectivity index (χ0) is 31.2. The number of benzene rings is 2. The van der Waals surface area contributed by atoms with Crippen LogP contribution in [0.15, 0.2) is 36.4 Å². The number of methoxy groups -OCH3 is 2. The third kappa shape index (κ3) is 9.11. The quantitative estimate of drug-likeness (QED) is 0.300. The number of anilines is 1. The maximum absolute atomic E-state index is 12.8. The Bertz CT molecular complexity index is 1310. The van der Waals surface area contributed by atoms with Crippen molar-refractivity contribution in [3.63, 3.8) is 0 Å². The van der Waals surface area contributed by atoms with Crippen LogP contribution >= 0.6 is 0 Å². The van der Waals surface area contributed by atoms with Crippen LogP contribution in [0, 0.1) is 11.8 Å². The maximum Gasteiger partial charge on any atom is 0.254 e. The van der Waals surface area contributed by atoms with Crippen molar-refractivity contribution in [2.24, 2.45) is 11.8 Å². The summed E-state index contributed by atoms with van der Waals surface area (Å²) < 4.78 is 41.2. The van der Waals surface area contributed by atoms with Crippen molar-refractivity contribution in [2.75, 3.05) is 51.6 Å². The summed E-state index contributed by atoms with van der Waals surface area (Å²) in [4.78, 5) is 14.7. The van der Waals surface area contributed by atoms with Crippen molar-refractivity contribution >= 4 is 21.6 Å². The predicted octanol–water partition coefficient (Wildman–Crippen LogP) is 6.31. The first-order valence-corrected chi connectivity index (χ1v) is 16.8. The molecule has 234 valence electrons. The summed E-state index contributed by atoms with van der Waals surface area (Å²) in [6, 6.07) is 11.7. The number of nitrogens with zero attached hydrogens (tertiary/aromatic N) is 2. The lowest BCUT2D eigenvalue weighted by atomic mass is 9.99. The fourth-order valence-electron chi connectivity index (χ4n) is 5.06. The van der Waals surface area contributed by atoms with E-state index >= 15 is 0 Å². The Morgan fingerprint density at radius 1 is 0.976 bits per heavy atom. The van der Waals surface area contributed by atoms with Crippen LogP contribution in [-0.2, 0) is 14.8 Å². The summed E-state index contributed by atoms with van der Waals surface area (Å²) in [5.74, 6) is 3.65. The van der Waals surface area contributed by atoms with Crippen molar-refractivity contribution in [3.8, 4) is 11.5 Å². The molecule has 1 saturated carbocycles. The van der Waals surface area contributed by atoms with Gasteiger partial charge in [0.1, 0.15) is 11.5 Å². The molecule has 9 heteroatoms. The van der Waals surface area contributed by atoms with Crippen LogP contribution in [0.5, 0.6) is 11.5 Å². The zero-order valence-electron chi connectivity index (χ0n) is 26.8. The lowest BCUT2D eigenvalue weighted by Crippen LogP contribution is -2.38. The van der Waals surface area contributed by atoms with Gasteiger partial charge in [-0.15, -0.1) is 0 Å². The molecule has 1 heterocycles. The highest BCUT2D eigenvalue weighted by Gasteiger charge is 2.33. The average Bonchev–Trinajstić information content (AvgIpc) is 3.46. The number of amides is 1. The summed E-state index contributed by atoms with van der Waals surface area (Å²) in [6.45, 7) is 12.8. The number of sulfonamides is 1. The van der Waals surface area contributed by atoms with Gasteiger partial charge in [0.25, 0.3) is 5.91 Å². The number of hydrogen-bond donors (Lipinski definition) is 0. The molecular weight excluding hydrogens is 552 g/mol. The smallest absolute Gasteiger partial charge is 0.254 e. The van der Waals surface area contributed by atoms with E-state index in [-0.39, 0.29) is 11.9 Å². The number of rotatable bonds is 11. The highest BCUT2D eigenvalue weighted by atomic mass is 32.2.